The van der Waals surface area contributed by atoms with E-state index in [1.807, 2.05) is 0 Å². The van der Waals surface area contributed by atoms with Gasteiger partial charge in [0.05, 0.1) is 30.3 Å². The highest BCUT2D eigenvalue weighted by Gasteiger charge is 2.29. The fourth-order valence-corrected chi connectivity index (χ4v) is 6.50. The molecule has 1 aromatic carbocycles. The molecule has 2 aliphatic heterocycles. The van der Waals surface area contributed by atoms with Crippen molar-refractivity contribution in [3.63, 3.8) is 0 Å². The Kier molecular flexibility index (Phi) is 6.20. The molecule has 1 amide bonds. The molecule has 0 saturated carbocycles. The third-order valence-corrected chi connectivity index (χ3v) is 7.61. The maximum atomic E-state index is 12.4. The molecule has 2 saturated heterocycles. The molecule has 1 aromatic rings. The van der Waals surface area contributed by atoms with Crippen molar-refractivity contribution >= 4 is 33.5 Å². The van der Waals surface area contributed by atoms with Crippen molar-refractivity contribution in [2.45, 2.75) is 16.6 Å². The number of benzene rings is 1. The summed E-state index contributed by atoms with van der Waals surface area (Å²) in [6, 6.07) is 6.92. The molecule has 0 bridgehead atoms. The molecule has 142 valence electrons. The Labute approximate surface area is 156 Å². The molecule has 9 heteroatoms. The summed E-state index contributed by atoms with van der Waals surface area (Å²) in [7, 11) is -2.98. The molecule has 3 rings (SSSR count). The number of esters is 1. The fourth-order valence-electron chi connectivity index (χ4n) is 2.88. The molecule has 2 fully saturated rings. The van der Waals surface area contributed by atoms with E-state index in [1.54, 1.807) is 29.2 Å². The average Bonchev–Trinajstić information content (AvgIpc) is 2.99. The smallest absolute Gasteiger partial charge is 0.339 e. The summed E-state index contributed by atoms with van der Waals surface area (Å²) in [4.78, 5) is 26.8. The lowest BCUT2D eigenvalue weighted by Crippen LogP contribution is -2.42. The largest absolute Gasteiger partial charge is 0.452 e. The van der Waals surface area contributed by atoms with Gasteiger partial charge in [-0.25, -0.2) is 13.2 Å². The normalized spacial score (nSPS) is 22.2. The zero-order valence-corrected chi connectivity index (χ0v) is 15.9. The summed E-state index contributed by atoms with van der Waals surface area (Å²) in [6.45, 7) is 1.67. The molecular formula is C17H21NO6S2. The van der Waals surface area contributed by atoms with Gasteiger partial charge >= 0.3 is 5.97 Å². The van der Waals surface area contributed by atoms with Crippen molar-refractivity contribution in [2.24, 2.45) is 0 Å². The van der Waals surface area contributed by atoms with Crippen LogP contribution in [0.15, 0.2) is 29.2 Å². The Hall–Kier alpha value is -1.58. The van der Waals surface area contributed by atoms with Crippen LogP contribution in [0.25, 0.3) is 0 Å². The molecular weight excluding hydrogens is 378 g/mol. The van der Waals surface area contributed by atoms with Gasteiger partial charge in [-0.15, -0.1) is 11.8 Å². The predicted molar refractivity (Wildman–Crippen MR) is 97.0 cm³/mol. The number of rotatable bonds is 5. The predicted octanol–water partition coefficient (Wildman–Crippen LogP) is 0.981. The van der Waals surface area contributed by atoms with Crippen molar-refractivity contribution in [3.8, 4) is 0 Å². The lowest BCUT2D eigenvalue weighted by atomic mass is 10.2. The first-order valence-electron chi connectivity index (χ1n) is 8.43. The van der Waals surface area contributed by atoms with Gasteiger partial charge in [-0.3, -0.25) is 4.79 Å². The van der Waals surface area contributed by atoms with E-state index >= 15 is 0 Å². The number of nitrogens with zero attached hydrogens (tertiary/aromatic N) is 1. The Morgan fingerprint density at radius 3 is 2.65 bits per heavy atom. The van der Waals surface area contributed by atoms with Crippen molar-refractivity contribution in [1.29, 1.82) is 0 Å². The number of amides is 1. The number of hydrogen-bond acceptors (Lipinski definition) is 7. The van der Waals surface area contributed by atoms with Crippen LogP contribution in [0.4, 0.5) is 0 Å². The lowest BCUT2D eigenvalue weighted by Gasteiger charge is -2.26. The lowest BCUT2D eigenvalue weighted by molar-refractivity contribution is -0.138. The number of carbonyl (C=O) groups excluding carboxylic acids is 2. The maximum absolute atomic E-state index is 12.4. The first kappa shape index (κ1) is 19.2. The molecule has 7 nitrogen and oxygen atoms in total. The highest BCUT2D eigenvalue weighted by atomic mass is 32.2. The second kappa shape index (κ2) is 8.41. The molecule has 0 aliphatic carbocycles. The minimum absolute atomic E-state index is 0.0658. The van der Waals surface area contributed by atoms with E-state index in [0.29, 0.717) is 43.2 Å². The van der Waals surface area contributed by atoms with Gasteiger partial charge in [-0.2, -0.15) is 0 Å². The highest BCUT2D eigenvalue weighted by molar-refractivity contribution is 8.02. The van der Waals surface area contributed by atoms with Gasteiger partial charge in [0.2, 0.25) is 0 Å². The van der Waals surface area contributed by atoms with E-state index in [0.717, 1.165) is 0 Å². The van der Waals surface area contributed by atoms with Crippen LogP contribution in [0.5, 0.6) is 0 Å². The quantitative estimate of drug-likeness (QED) is 0.682. The van der Waals surface area contributed by atoms with Crippen LogP contribution >= 0.6 is 11.8 Å². The van der Waals surface area contributed by atoms with Gasteiger partial charge in [0.15, 0.2) is 16.4 Å². The standard InChI is InChI=1S/C17H21NO6S2/c19-16(18-6-8-23-9-7-18)11-24-17(20)14-3-1-2-4-15(14)25-13-5-10-26(21,22)12-13/h1-4,13H,5-12H2/t13-/m0/s1. The van der Waals surface area contributed by atoms with E-state index in [4.69, 9.17) is 9.47 Å². The third kappa shape index (κ3) is 4.99. The number of morpholine rings is 1. The molecule has 2 heterocycles. The second-order valence-corrected chi connectivity index (χ2v) is 9.78. The van der Waals surface area contributed by atoms with Gasteiger partial charge in [0, 0.05) is 23.2 Å². The summed E-state index contributed by atoms with van der Waals surface area (Å²) in [5.74, 6) is -0.508. The summed E-state index contributed by atoms with van der Waals surface area (Å²) >= 11 is 1.38. The van der Waals surface area contributed by atoms with Crippen LogP contribution in [-0.4, -0.2) is 74.9 Å². The zero-order chi connectivity index (χ0) is 18.6. The van der Waals surface area contributed by atoms with Crippen molar-refractivity contribution in [2.75, 3.05) is 44.4 Å². The van der Waals surface area contributed by atoms with Crippen molar-refractivity contribution < 1.29 is 27.5 Å². The van der Waals surface area contributed by atoms with Gasteiger partial charge < -0.3 is 14.4 Å². The van der Waals surface area contributed by atoms with Crippen LogP contribution in [0.1, 0.15) is 16.8 Å². The van der Waals surface area contributed by atoms with E-state index in [2.05, 4.69) is 0 Å². The SMILES string of the molecule is O=C(OCC(=O)N1CCOCC1)c1ccccc1S[C@H]1CCS(=O)(=O)C1. The van der Waals surface area contributed by atoms with Crippen LogP contribution in [-0.2, 0) is 24.1 Å². The second-order valence-electron chi connectivity index (χ2n) is 6.21. The molecule has 0 unspecified atom stereocenters. The van der Waals surface area contributed by atoms with Crippen LogP contribution < -0.4 is 0 Å². The van der Waals surface area contributed by atoms with Crippen LogP contribution in [0.2, 0.25) is 0 Å². The number of sulfone groups is 1. The number of carbonyl (C=O) groups is 2. The molecule has 0 radical (unpaired) electrons. The Morgan fingerprint density at radius 2 is 1.96 bits per heavy atom. The molecule has 1 atom stereocenters. The molecule has 26 heavy (non-hydrogen) atoms. The van der Waals surface area contributed by atoms with Crippen molar-refractivity contribution in [3.05, 3.63) is 29.8 Å². The molecule has 0 N–H and O–H groups in total. The zero-order valence-electron chi connectivity index (χ0n) is 14.3. The molecule has 2 aliphatic rings. The minimum atomic E-state index is -2.98. The monoisotopic (exact) mass is 399 g/mol. The number of ether oxygens (including phenoxy) is 2. The van der Waals surface area contributed by atoms with Gasteiger partial charge in [-0.1, -0.05) is 12.1 Å². The van der Waals surface area contributed by atoms with E-state index < -0.39 is 15.8 Å². The van der Waals surface area contributed by atoms with Gasteiger partial charge in [-0.05, 0) is 18.6 Å². The van der Waals surface area contributed by atoms with Crippen LogP contribution in [0.3, 0.4) is 0 Å². The first-order valence-corrected chi connectivity index (χ1v) is 11.1. The number of thioether (sulfide) groups is 1. The Balaban J connectivity index is 1.59. The average molecular weight is 399 g/mol. The van der Waals surface area contributed by atoms with Gasteiger partial charge in [0.1, 0.15) is 0 Å². The summed E-state index contributed by atoms with van der Waals surface area (Å²) in [5, 5.41) is -0.0658. The summed E-state index contributed by atoms with van der Waals surface area (Å²) in [6.07, 6.45) is 0.575. The number of hydrogen-bond donors (Lipinski definition) is 0. The Morgan fingerprint density at radius 1 is 1.23 bits per heavy atom. The van der Waals surface area contributed by atoms with E-state index in [-0.39, 0.29) is 29.3 Å². The Bertz CT molecular complexity index is 773. The summed E-state index contributed by atoms with van der Waals surface area (Å²) < 4.78 is 33.6. The van der Waals surface area contributed by atoms with Crippen molar-refractivity contribution in [1.82, 2.24) is 4.90 Å². The minimum Gasteiger partial charge on any atom is -0.452 e. The molecule has 0 aromatic heterocycles. The highest BCUT2D eigenvalue weighted by Crippen LogP contribution is 2.33. The van der Waals surface area contributed by atoms with Crippen LogP contribution in [0, 0.1) is 0 Å². The third-order valence-electron chi connectivity index (χ3n) is 4.28. The maximum Gasteiger partial charge on any atom is 0.339 e. The first-order chi connectivity index (χ1) is 12.4. The molecule has 0 spiro atoms. The topological polar surface area (TPSA) is 90.0 Å². The van der Waals surface area contributed by atoms with E-state index in [1.165, 1.54) is 11.8 Å². The van der Waals surface area contributed by atoms with Gasteiger partial charge in [0.25, 0.3) is 5.91 Å². The van der Waals surface area contributed by atoms with E-state index in [9.17, 15) is 18.0 Å². The summed E-state index contributed by atoms with van der Waals surface area (Å²) in [5.41, 5.74) is 0.358. The fraction of sp³-hybridized carbons (Fsp3) is 0.529.